The van der Waals surface area contributed by atoms with Crippen molar-refractivity contribution in [3.63, 3.8) is 0 Å². The van der Waals surface area contributed by atoms with Crippen LogP contribution in [0.1, 0.15) is 25.0 Å². The fraction of sp³-hybridized carbons (Fsp3) is 0.227. The van der Waals surface area contributed by atoms with Crippen molar-refractivity contribution >= 4 is 23.3 Å². The van der Waals surface area contributed by atoms with Crippen molar-refractivity contribution in [1.29, 1.82) is 0 Å². The Kier molecular flexibility index (Phi) is 7.51. The molecule has 0 unspecified atom stereocenters. The molecular weight excluding hydrogens is 354 g/mol. The molecule has 1 amide bonds. The minimum absolute atomic E-state index is 0.118. The molecule has 0 aromatic heterocycles. The van der Waals surface area contributed by atoms with E-state index in [1.165, 1.54) is 0 Å². The normalized spacial score (nSPS) is 12.2. The maximum atomic E-state index is 12.2. The minimum atomic E-state index is -0.472. The van der Waals surface area contributed by atoms with Crippen molar-refractivity contribution < 1.29 is 14.3 Å². The number of hydrogen-bond acceptors (Lipinski definition) is 5. The number of carbonyl (C=O) groups is 2. The minimum Gasteiger partial charge on any atom is -0.455 e. The van der Waals surface area contributed by atoms with Crippen LogP contribution in [0.5, 0.6) is 0 Å². The predicted molar refractivity (Wildman–Crippen MR) is 110 cm³/mol. The van der Waals surface area contributed by atoms with E-state index in [0.717, 1.165) is 16.8 Å². The molecule has 0 radical (unpaired) electrons. The first-order valence-corrected chi connectivity index (χ1v) is 8.94. The molecule has 0 fully saturated rings. The molecule has 0 aliphatic rings. The molecule has 0 spiro atoms. The van der Waals surface area contributed by atoms with Gasteiger partial charge < -0.3 is 15.8 Å². The summed E-state index contributed by atoms with van der Waals surface area (Å²) in [5, 5.41) is 2.67. The van der Waals surface area contributed by atoms with Crippen molar-refractivity contribution in [3.05, 3.63) is 77.1 Å². The second-order valence-electron chi connectivity index (χ2n) is 6.40. The number of carbonyl (C=O) groups excluding carboxylic acids is 2. The van der Waals surface area contributed by atoms with E-state index in [4.69, 9.17) is 10.5 Å². The number of nitrogens with zero attached hydrogens (tertiary/aromatic N) is 1. The average Bonchev–Trinajstić information content (AvgIpc) is 2.66. The van der Waals surface area contributed by atoms with Crippen LogP contribution in [0.2, 0.25) is 0 Å². The van der Waals surface area contributed by atoms with Gasteiger partial charge in [-0.15, -0.1) is 0 Å². The molecule has 2 aromatic rings. The Hall–Kier alpha value is -3.41. The summed E-state index contributed by atoms with van der Waals surface area (Å²) in [5.41, 5.74) is 9.89. The number of esters is 1. The van der Waals surface area contributed by atoms with Crippen LogP contribution in [0.4, 0.5) is 5.69 Å². The Morgan fingerprint density at radius 2 is 1.68 bits per heavy atom. The number of hydrogen-bond donors (Lipinski definition) is 2. The lowest BCUT2D eigenvalue weighted by atomic mass is 10.1. The zero-order valence-corrected chi connectivity index (χ0v) is 16.4. The predicted octanol–water partition coefficient (Wildman–Crippen LogP) is 3.18. The van der Waals surface area contributed by atoms with Crippen molar-refractivity contribution in [1.82, 2.24) is 5.32 Å². The van der Waals surface area contributed by atoms with Gasteiger partial charge in [-0.1, -0.05) is 42.5 Å². The molecule has 0 saturated carbocycles. The molecule has 6 heteroatoms. The third kappa shape index (κ3) is 6.39. The number of nitrogens with one attached hydrogen (secondary N) is 1. The Labute approximate surface area is 165 Å². The molecule has 3 N–H and O–H groups in total. The number of para-hydroxylation sites is 1. The second kappa shape index (κ2) is 10.1. The Morgan fingerprint density at radius 3 is 2.32 bits per heavy atom. The smallest absolute Gasteiger partial charge is 0.310 e. The van der Waals surface area contributed by atoms with Crippen LogP contribution in [0.25, 0.3) is 0 Å². The molecular formula is C22H25N3O3. The van der Waals surface area contributed by atoms with Crippen molar-refractivity contribution in [2.75, 3.05) is 6.61 Å². The van der Waals surface area contributed by atoms with Gasteiger partial charge in [0, 0.05) is 5.70 Å². The highest BCUT2D eigenvalue weighted by Gasteiger charge is 2.13. The van der Waals surface area contributed by atoms with Crippen LogP contribution in [0.3, 0.4) is 0 Å². The summed E-state index contributed by atoms with van der Waals surface area (Å²) in [5.74, 6) is -0.935. The number of rotatable bonds is 7. The lowest BCUT2D eigenvalue weighted by Gasteiger charge is -2.12. The van der Waals surface area contributed by atoms with E-state index in [2.05, 4.69) is 10.3 Å². The summed E-state index contributed by atoms with van der Waals surface area (Å²) in [6.07, 6.45) is 0.118. The fourth-order valence-corrected chi connectivity index (χ4v) is 2.56. The van der Waals surface area contributed by atoms with E-state index in [1.807, 2.05) is 61.5 Å². The molecule has 0 aliphatic heterocycles. The van der Waals surface area contributed by atoms with Gasteiger partial charge >= 0.3 is 5.97 Å². The Balaban J connectivity index is 1.94. The quantitative estimate of drug-likeness (QED) is 0.571. The molecule has 146 valence electrons. The van der Waals surface area contributed by atoms with E-state index in [-0.39, 0.29) is 13.0 Å². The first kappa shape index (κ1) is 20.9. The van der Waals surface area contributed by atoms with Gasteiger partial charge in [-0.2, -0.15) is 0 Å². The molecule has 0 bridgehead atoms. The highest BCUT2D eigenvalue weighted by atomic mass is 16.5. The zero-order chi connectivity index (χ0) is 20.5. The highest BCUT2D eigenvalue weighted by molar-refractivity contribution is 6.03. The summed E-state index contributed by atoms with van der Waals surface area (Å²) in [6.45, 7) is 4.96. The van der Waals surface area contributed by atoms with Gasteiger partial charge in [0.2, 0.25) is 0 Å². The van der Waals surface area contributed by atoms with E-state index >= 15 is 0 Å². The number of aliphatic imine (C=N–C) groups is 1. The first-order chi connectivity index (χ1) is 13.4. The number of amides is 1. The molecule has 0 heterocycles. The third-order valence-corrected chi connectivity index (χ3v) is 4.03. The molecule has 6 nitrogen and oxygen atoms in total. The van der Waals surface area contributed by atoms with Gasteiger partial charge in [0.15, 0.2) is 6.61 Å². The Morgan fingerprint density at radius 1 is 1.04 bits per heavy atom. The van der Waals surface area contributed by atoms with E-state index in [9.17, 15) is 9.59 Å². The topological polar surface area (TPSA) is 93.8 Å². The third-order valence-electron chi connectivity index (χ3n) is 4.03. The maximum absolute atomic E-state index is 12.2. The number of benzene rings is 2. The zero-order valence-electron chi connectivity index (χ0n) is 16.4. The van der Waals surface area contributed by atoms with E-state index in [0.29, 0.717) is 17.1 Å². The van der Waals surface area contributed by atoms with Crippen LogP contribution in [-0.2, 0) is 20.7 Å². The first-order valence-electron chi connectivity index (χ1n) is 8.94. The van der Waals surface area contributed by atoms with E-state index in [1.54, 1.807) is 13.8 Å². The van der Waals surface area contributed by atoms with Gasteiger partial charge in [0.25, 0.3) is 5.91 Å². The van der Waals surface area contributed by atoms with Crippen LogP contribution >= 0.6 is 0 Å². The van der Waals surface area contributed by atoms with Gasteiger partial charge in [0.05, 0.1) is 23.5 Å². The highest BCUT2D eigenvalue weighted by Crippen LogP contribution is 2.13. The van der Waals surface area contributed by atoms with Gasteiger partial charge in [0.1, 0.15) is 0 Å². The summed E-state index contributed by atoms with van der Waals surface area (Å²) >= 11 is 0. The largest absolute Gasteiger partial charge is 0.455 e. The van der Waals surface area contributed by atoms with Gasteiger partial charge in [-0.05, 0) is 44.0 Å². The lowest BCUT2D eigenvalue weighted by Crippen LogP contribution is -2.32. The number of nitrogens with two attached hydrogens (primary N) is 1. The number of aryl methyl sites for hydroxylation is 1. The second-order valence-corrected chi connectivity index (χ2v) is 6.40. The molecule has 2 rings (SSSR count). The molecule has 0 atom stereocenters. The molecule has 0 aliphatic carbocycles. The molecule has 0 saturated heterocycles. The average molecular weight is 379 g/mol. The van der Waals surface area contributed by atoms with Crippen molar-refractivity contribution in [2.45, 2.75) is 27.2 Å². The van der Waals surface area contributed by atoms with Crippen LogP contribution in [-0.4, -0.2) is 24.2 Å². The van der Waals surface area contributed by atoms with Crippen molar-refractivity contribution in [3.8, 4) is 0 Å². The van der Waals surface area contributed by atoms with Crippen LogP contribution in [0, 0.1) is 6.92 Å². The maximum Gasteiger partial charge on any atom is 0.310 e. The van der Waals surface area contributed by atoms with Crippen LogP contribution in [0.15, 0.2) is 71.0 Å². The van der Waals surface area contributed by atoms with Crippen LogP contribution < -0.4 is 11.1 Å². The summed E-state index contributed by atoms with van der Waals surface area (Å²) in [7, 11) is 0. The lowest BCUT2D eigenvalue weighted by molar-refractivity contribution is -0.147. The van der Waals surface area contributed by atoms with E-state index < -0.39 is 11.9 Å². The molecule has 28 heavy (non-hydrogen) atoms. The monoisotopic (exact) mass is 379 g/mol. The fourth-order valence-electron chi connectivity index (χ4n) is 2.56. The Bertz CT molecular complexity index is 898. The number of allylic oxidation sites excluding steroid dienone is 2. The summed E-state index contributed by atoms with van der Waals surface area (Å²) in [4.78, 5) is 28.7. The van der Waals surface area contributed by atoms with Gasteiger partial charge in [-0.25, -0.2) is 0 Å². The van der Waals surface area contributed by atoms with Gasteiger partial charge in [-0.3, -0.25) is 14.6 Å². The standard InChI is InChI=1S/C22H25N3O3/c1-15-9-7-8-10-18(15)13-21(27)28-14-20(26)25-22(16(2)23)17(3)24-19-11-5-4-6-12-19/h4-12H,13-14,23H2,1-3H3,(H,25,26). The number of ether oxygens (including phenoxy) is 1. The SMILES string of the molecule is CC(=Nc1ccccc1)C(NC(=O)COC(=O)Cc1ccccc1C)=C(C)N. The van der Waals surface area contributed by atoms with Crippen molar-refractivity contribution in [2.24, 2.45) is 10.7 Å². The summed E-state index contributed by atoms with van der Waals surface area (Å²) < 4.78 is 5.09. The molecule has 2 aromatic carbocycles. The summed E-state index contributed by atoms with van der Waals surface area (Å²) in [6, 6.07) is 16.9.